The van der Waals surface area contributed by atoms with E-state index in [-0.39, 0.29) is 22.1 Å². The zero-order valence-electron chi connectivity index (χ0n) is 13.1. The summed E-state index contributed by atoms with van der Waals surface area (Å²) < 4.78 is 4.94. The number of amides is 1. The zero-order valence-corrected chi connectivity index (χ0v) is 13.8. The normalized spacial score (nSPS) is 10.5. The zero-order chi connectivity index (χ0) is 18.7. The minimum atomic E-state index is -0.764. The molecule has 26 heavy (non-hydrogen) atoms. The highest BCUT2D eigenvalue weighted by Gasteiger charge is 2.18. The lowest BCUT2D eigenvalue weighted by molar-refractivity contribution is -0.384. The van der Waals surface area contributed by atoms with Crippen LogP contribution in [0, 0.1) is 10.1 Å². The van der Waals surface area contributed by atoms with Gasteiger partial charge in [-0.2, -0.15) is 5.10 Å². The van der Waals surface area contributed by atoms with Crippen LogP contribution in [0.25, 0.3) is 10.9 Å². The molecule has 0 saturated carbocycles. The first kappa shape index (κ1) is 17.4. The van der Waals surface area contributed by atoms with Gasteiger partial charge in [0.25, 0.3) is 11.6 Å². The summed E-state index contributed by atoms with van der Waals surface area (Å²) >= 11 is 5.70. The molecule has 0 radical (unpaired) electrons. The Morgan fingerprint density at radius 3 is 2.81 bits per heavy atom. The van der Waals surface area contributed by atoms with E-state index < -0.39 is 23.4 Å². The highest BCUT2D eigenvalue weighted by Crippen LogP contribution is 2.27. The Bertz CT molecular complexity index is 1020. The summed E-state index contributed by atoms with van der Waals surface area (Å²) in [5, 5.41) is 20.3. The van der Waals surface area contributed by atoms with Crippen molar-refractivity contribution in [3.8, 4) is 0 Å². The van der Waals surface area contributed by atoms with Crippen LogP contribution in [-0.4, -0.2) is 33.6 Å². The largest absolute Gasteiger partial charge is 0.451 e. The fourth-order valence-electron chi connectivity index (χ4n) is 2.25. The molecule has 3 rings (SSSR count). The van der Waals surface area contributed by atoms with Crippen molar-refractivity contribution in [3.63, 3.8) is 0 Å². The highest BCUT2D eigenvalue weighted by atomic mass is 35.5. The lowest BCUT2D eigenvalue weighted by Gasteiger charge is -2.06. The fourth-order valence-corrected chi connectivity index (χ4v) is 2.43. The van der Waals surface area contributed by atoms with E-state index in [0.717, 1.165) is 6.07 Å². The van der Waals surface area contributed by atoms with Crippen molar-refractivity contribution >= 4 is 45.8 Å². The third kappa shape index (κ3) is 3.62. The number of aromatic nitrogens is 2. The molecule has 1 aromatic heterocycles. The topological polar surface area (TPSA) is 127 Å². The molecule has 3 aromatic rings. The number of benzene rings is 2. The Morgan fingerprint density at radius 1 is 1.27 bits per heavy atom. The average molecular weight is 375 g/mol. The number of nitrogens with one attached hydrogen (secondary N) is 2. The first-order chi connectivity index (χ1) is 12.5. The molecule has 0 aliphatic rings. The third-order valence-electron chi connectivity index (χ3n) is 3.42. The van der Waals surface area contributed by atoms with Gasteiger partial charge in [0.1, 0.15) is 5.02 Å². The number of hydrogen-bond acceptors (Lipinski definition) is 6. The summed E-state index contributed by atoms with van der Waals surface area (Å²) in [6.45, 7) is -0.573. The number of nitrogens with zero attached hydrogens (tertiary/aromatic N) is 2. The number of esters is 1. The van der Waals surface area contributed by atoms with Crippen molar-refractivity contribution in [2.24, 2.45) is 0 Å². The maximum Gasteiger partial charge on any atom is 0.359 e. The summed E-state index contributed by atoms with van der Waals surface area (Å²) in [4.78, 5) is 34.1. The van der Waals surface area contributed by atoms with Gasteiger partial charge < -0.3 is 10.1 Å². The van der Waals surface area contributed by atoms with E-state index >= 15 is 0 Å². The van der Waals surface area contributed by atoms with Crippen molar-refractivity contribution in [3.05, 3.63) is 63.3 Å². The Balaban J connectivity index is 1.63. The maximum atomic E-state index is 12.1. The SMILES string of the molecule is O=C(COC(=O)c1n[nH]c2ccccc12)Nc1ccc(Cl)c([N+](=O)[O-])c1. The lowest BCUT2D eigenvalue weighted by Crippen LogP contribution is -2.21. The van der Waals surface area contributed by atoms with Gasteiger partial charge >= 0.3 is 5.97 Å². The monoisotopic (exact) mass is 374 g/mol. The van der Waals surface area contributed by atoms with Crippen molar-refractivity contribution in [1.82, 2.24) is 10.2 Å². The van der Waals surface area contributed by atoms with E-state index in [1.807, 2.05) is 0 Å². The van der Waals surface area contributed by atoms with Crippen LogP contribution in [-0.2, 0) is 9.53 Å². The fraction of sp³-hybridized carbons (Fsp3) is 0.0625. The molecule has 1 heterocycles. The summed E-state index contributed by atoms with van der Waals surface area (Å²) in [7, 11) is 0. The predicted molar refractivity (Wildman–Crippen MR) is 93.1 cm³/mol. The second-order valence-corrected chi connectivity index (χ2v) is 5.57. The number of ether oxygens (including phenoxy) is 1. The second kappa shape index (κ2) is 7.19. The minimum absolute atomic E-state index is 0.0511. The lowest BCUT2D eigenvalue weighted by atomic mass is 10.2. The van der Waals surface area contributed by atoms with Crippen LogP contribution in [0.1, 0.15) is 10.5 Å². The maximum absolute atomic E-state index is 12.1. The molecule has 0 aliphatic carbocycles. The van der Waals surface area contributed by atoms with E-state index in [9.17, 15) is 19.7 Å². The molecule has 2 N–H and O–H groups in total. The van der Waals surface area contributed by atoms with Gasteiger partial charge in [0, 0.05) is 17.1 Å². The Labute approximate surface area is 151 Å². The van der Waals surface area contributed by atoms with Crippen LogP contribution in [0.15, 0.2) is 42.5 Å². The first-order valence-corrected chi connectivity index (χ1v) is 7.67. The predicted octanol–water partition coefficient (Wildman–Crippen LogP) is 2.92. The molecule has 0 fully saturated rings. The second-order valence-electron chi connectivity index (χ2n) is 5.17. The van der Waals surface area contributed by atoms with E-state index in [0.29, 0.717) is 10.9 Å². The number of aromatic amines is 1. The average Bonchev–Trinajstić information content (AvgIpc) is 3.05. The standard InChI is InChI=1S/C16H11ClN4O5/c17-11-6-5-9(7-13(11)21(24)25)18-14(22)8-26-16(23)15-10-3-1-2-4-12(10)19-20-15/h1-7H,8H2,(H,18,22)(H,19,20). The number of fused-ring (bicyclic) bond motifs is 1. The molecule has 0 unspecified atom stereocenters. The quantitative estimate of drug-likeness (QED) is 0.401. The van der Waals surface area contributed by atoms with E-state index in [1.165, 1.54) is 12.1 Å². The summed E-state index contributed by atoms with van der Waals surface area (Å²) in [6.07, 6.45) is 0. The molecule has 0 bridgehead atoms. The third-order valence-corrected chi connectivity index (χ3v) is 3.74. The van der Waals surface area contributed by atoms with Gasteiger partial charge in [0.15, 0.2) is 12.3 Å². The van der Waals surface area contributed by atoms with Gasteiger partial charge in [-0.05, 0) is 18.2 Å². The molecular formula is C16H11ClN4O5. The molecule has 1 amide bonds. The Morgan fingerprint density at radius 2 is 2.04 bits per heavy atom. The van der Waals surface area contributed by atoms with E-state index in [4.69, 9.17) is 16.3 Å². The number of nitro groups is 1. The number of carbonyl (C=O) groups is 2. The molecule has 10 heteroatoms. The minimum Gasteiger partial charge on any atom is -0.451 e. The van der Waals surface area contributed by atoms with Crippen LogP contribution < -0.4 is 5.32 Å². The smallest absolute Gasteiger partial charge is 0.359 e. The number of nitro benzene ring substituents is 1. The number of halogens is 1. The van der Waals surface area contributed by atoms with Crippen LogP contribution in [0.4, 0.5) is 11.4 Å². The number of para-hydroxylation sites is 1. The van der Waals surface area contributed by atoms with Crippen molar-refractivity contribution in [1.29, 1.82) is 0 Å². The van der Waals surface area contributed by atoms with Gasteiger partial charge in [0.2, 0.25) is 0 Å². The van der Waals surface area contributed by atoms with Gasteiger partial charge in [-0.15, -0.1) is 0 Å². The number of H-pyrrole nitrogens is 1. The molecule has 0 atom stereocenters. The van der Waals surface area contributed by atoms with Crippen molar-refractivity contribution in [2.45, 2.75) is 0 Å². The van der Waals surface area contributed by atoms with Crippen LogP contribution >= 0.6 is 11.6 Å². The summed E-state index contributed by atoms with van der Waals surface area (Å²) in [5.74, 6) is -1.42. The Hall–Kier alpha value is -3.46. The van der Waals surface area contributed by atoms with E-state index in [2.05, 4.69) is 15.5 Å². The van der Waals surface area contributed by atoms with Crippen LogP contribution in [0.5, 0.6) is 0 Å². The van der Waals surface area contributed by atoms with Gasteiger partial charge in [-0.25, -0.2) is 4.79 Å². The van der Waals surface area contributed by atoms with E-state index in [1.54, 1.807) is 24.3 Å². The van der Waals surface area contributed by atoms with Crippen molar-refractivity contribution in [2.75, 3.05) is 11.9 Å². The molecule has 0 saturated heterocycles. The first-order valence-electron chi connectivity index (χ1n) is 7.29. The molecule has 0 aliphatic heterocycles. The molecular weight excluding hydrogens is 364 g/mol. The Kier molecular flexibility index (Phi) is 4.81. The van der Waals surface area contributed by atoms with Gasteiger partial charge in [-0.1, -0.05) is 29.8 Å². The number of hydrogen-bond donors (Lipinski definition) is 2. The summed E-state index contributed by atoms with van der Waals surface area (Å²) in [6, 6.07) is 10.8. The molecule has 2 aromatic carbocycles. The number of carbonyl (C=O) groups excluding carboxylic acids is 2. The van der Waals surface area contributed by atoms with Gasteiger partial charge in [0.05, 0.1) is 10.4 Å². The molecule has 9 nitrogen and oxygen atoms in total. The molecule has 132 valence electrons. The van der Waals surface area contributed by atoms with Gasteiger partial charge in [-0.3, -0.25) is 20.0 Å². The molecule has 0 spiro atoms. The van der Waals surface area contributed by atoms with Crippen LogP contribution in [0.2, 0.25) is 5.02 Å². The van der Waals surface area contributed by atoms with Crippen molar-refractivity contribution < 1.29 is 19.2 Å². The number of anilines is 1. The number of rotatable bonds is 5. The summed E-state index contributed by atoms with van der Waals surface area (Å²) in [5.41, 5.74) is 0.546. The van der Waals surface area contributed by atoms with Crippen LogP contribution in [0.3, 0.4) is 0 Å². The highest BCUT2D eigenvalue weighted by molar-refractivity contribution is 6.32.